The van der Waals surface area contributed by atoms with E-state index < -0.39 is 0 Å². The van der Waals surface area contributed by atoms with E-state index in [9.17, 15) is 0 Å². The van der Waals surface area contributed by atoms with Crippen molar-refractivity contribution < 1.29 is 9.47 Å². The highest BCUT2D eigenvalue weighted by Gasteiger charge is 2.07. The van der Waals surface area contributed by atoms with Crippen molar-refractivity contribution in [3.63, 3.8) is 0 Å². The van der Waals surface area contributed by atoms with Gasteiger partial charge >= 0.3 is 0 Å². The zero-order chi connectivity index (χ0) is 18.8. The van der Waals surface area contributed by atoms with Crippen molar-refractivity contribution in [2.75, 3.05) is 32.1 Å². The summed E-state index contributed by atoms with van der Waals surface area (Å²) in [4.78, 5) is 4.12. The Balaban J connectivity index is 1.80. The van der Waals surface area contributed by atoms with Crippen LogP contribution < -0.4 is 25.8 Å². The fraction of sp³-hybridized carbons (Fsp3) is 0.444. The maximum atomic E-state index is 5.72. The number of ether oxygens (including phenoxy) is 2. The Bertz CT molecular complexity index is 705. The molecule has 0 fully saturated rings. The summed E-state index contributed by atoms with van der Waals surface area (Å²) in [5.74, 6) is 1.35. The Morgan fingerprint density at radius 1 is 1.31 bits per heavy atom. The van der Waals surface area contributed by atoms with Gasteiger partial charge in [-0.3, -0.25) is 0 Å². The van der Waals surface area contributed by atoms with Gasteiger partial charge in [0.15, 0.2) is 16.6 Å². The molecule has 8 heteroatoms. The average molecular weight is 378 g/mol. The van der Waals surface area contributed by atoms with Crippen LogP contribution in [-0.4, -0.2) is 41.5 Å². The molecule has 0 spiro atoms. The number of thiocarbonyl (C=S) groups is 1. The van der Waals surface area contributed by atoms with Crippen LogP contribution in [0.3, 0.4) is 0 Å². The fourth-order valence-electron chi connectivity index (χ4n) is 2.38. The number of hydrogen-bond donors (Lipinski definition) is 3. The Hall–Kier alpha value is -2.32. The minimum Gasteiger partial charge on any atom is -0.493 e. The van der Waals surface area contributed by atoms with Crippen LogP contribution in [0.25, 0.3) is 0 Å². The number of methoxy groups -OCH3 is 1. The maximum Gasteiger partial charge on any atom is 0.170 e. The molecule has 0 saturated heterocycles. The van der Waals surface area contributed by atoms with Gasteiger partial charge in [-0.15, -0.1) is 0 Å². The van der Waals surface area contributed by atoms with Crippen LogP contribution in [0, 0.1) is 6.92 Å². The molecule has 1 aromatic heterocycles. The second-order valence-corrected chi connectivity index (χ2v) is 6.23. The van der Waals surface area contributed by atoms with Crippen LogP contribution in [0.1, 0.15) is 18.5 Å². The molecule has 0 radical (unpaired) electrons. The first-order valence-electron chi connectivity index (χ1n) is 8.66. The Morgan fingerprint density at radius 3 is 2.85 bits per heavy atom. The van der Waals surface area contributed by atoms with E-state index in [1.807, 2.05) is 37.6 Å². The Morgan fingerprint density at radius 2 is 2.15 bits per heavy atom. The van der Waals surface area contributed by atoms with Crippen LogP contribution in [0.15, 0.2) is 30.7 Å². The van der Waals surface area contributed by atoms with E-state index in [4.69, 9.17) is 27.4 Å². The lowest BCUT2D eigenvalue weighted by Crippen LogP contribution is -2.29. The Kier molecular flexibility index (Phi) is 8.17. The van der Waals surface area contributed by atoms with Gasteiger partial charge in [0.25, 0.3) is 0 Å². The van der Waals surface area contributed by atoms with Gasteiger partial charge in [0, 0.05) is 36.7 Å². The van der Waals surface area contributed by atoms with E-state index in [2.05, 4.69) is 20.2 Å². The quantitative estimate of drug-likeness (QED) is 0.433. The zero-order valence-corrected chi connectivity index (χ0v) is 16.1. The molecule has 0 aliphatic carbocycles. The van der Waals surface area contributed by atoms with Crippen LogP contribution in [-0.2, 0) is 6.54 Å². The fourth-order valence-corrected chi connectivity index (χ4v) is 2.60. The highest BCUT2D eigenvalue weighted by Crippen LogP contribution is 2.30. The second-order valence-electron chi connectivity index (χ2n) is 5.82. The number of aryl methyl sites for hydroxylation is 2. The maximum absolute atomic E-state index is 5.72. The van der Waals surface area contributed by atoms with Crippen molar-refractivity contribution in [2.24, 2.45) is 5.73 Å². The van der Waals surface area contributed by atoms with Gasteiger partial charge in [-0.1, -0.05) is 0 Å². The number of benzene rings is 1. The lowest BCUT2D eigenvalue weighted by Gasteiger charge is -2.14. The van der Waals surface area contributed by atoms with Crippen molar-refractivity contribution in [3.05, 3.63) is 36.4 Å². The van der Waals surface area contributed by atoms with Gasteiger partial charge < -0.3 is 30.4 Å². The van der Waals surface area contributed by atoms with E-state index in [-0.39, 0.29) is 0 Å². The predicted octanol–water partition coefficient (Wildman–Crippen LogP) is 2.30. The van der Waals surface area contributed by atoms with Crippen molar-refractivity contribution in [2.45, 2.75) is 26.3 Å². The molecule has 0 amide bonds. The zero-order valence-electron chi connectivity index (χ0n) is 15.3. The van der Waals surface area contributed by atoms with Crippen molar-refractivity contribution >= 4 is 23.0 Å². The molecule has 26 heavy (non-hydrogen) atoms. The monoisotopic (exact) mass is 377 g/mol. The molecule has 1 aromatic carbocycles. The topological polar surface area (TPSA) is 86.4 Å². The molecule has 2 aromatic rings. The SMILES string of the molecule is COc1ccc(NC(=S)NCCCn2cncc2C)cc1OCCCN. The van der Waals surface area contributed by atoms with E-state index in [1.54, 1.807) is 7.11 Å². The van der Waals surface area contributed by atoms with Gasteiger partial charge in [0.05, 0.1) is 20.0 Å². The largest absolute Gasteiger partial charge is 0.493 e. The normalized spacial score (nSPS) is 10.4. The van der Waals surface area contributed by atoms with E-state index in [1.165, 1.54) is 0 Å². The number of hydrogen-bond acceptors (Lipinski definition) is 5. The van der Waals surface area contributed by atoms with E-state index in [0.29, 0.717) is 29.8 Å². The highest BCUT2D eigenvalue weighted by atomic mass is 32.1. The molecule has 4 N–H and O–H groups in total. The van der Waals surface area contributed by atoms with E-state index in [0.717, 1.165) is 37.3 Å². The molecular formula is C18H27N5O2S. The number of anilines is 1. The van der Waals surface area contributed by atoms with Crippen molar-refractivity contribution in [1.29, 1.82) is 0 Å². The molecule has 1 heterocycles. The lowest BCUT2D eigenvalue weighted by atomic mass is 10.2. The summed E-state index contributed by atoms with van der Waals surface area (Å²) in [5.41, 5.74) is 7.50. The van der Waals surface area contributed by atoms with Crippen LogP contribution in [0.5, 0.6) is 11.5 Å². The van der Waals surface area contributed by atoms with Crippen molar-refractivity contribution in [3.8, 4) is 11.5 Å². The molecule has 0 bridgehead atoms. The predicted molar refractivity (Wildman–Crippen MR) is 108 cm³/mol. The first kappa shape index (κ1) is 20.0. The summed E-state index contributed by atoms with van der Waals surface area (Å²) in [6.07, 6.45) is 5.44. The lowest BCUT2D eigenvalue weighted by molar-refractivity contribution is 0.291. The third-order valence-electron chi connectivity index (χ3n) is 3.81. The smallest absolute Gasteiger partial charge is 0.170 e. The van der Waals surface area contributed by atoms with Gasteiger partial charge in [-0.2, -0.15) is 0 Å². The van der Waals surface area contributed by atoms with Crippen molar-refractivity contribution in [1.82, 2.24) is 14.9 Å². The molecule has 2 rings (SSSR count). The van der Waals surface area contributed by atoms with Gasteiger partial charge in [-0.05, 0) is 50.7 Å². The van der Waals surface area contributed by atoms with Gasteiger partial charge in [-0.25, -0.2) is 4.98 Å². The van der Waals surface area contributed by atoms with Gasteiger partial charge in [0.2, 0.25) is 0 Å². The number of nitrogens with two attached hydrogens (primary N) is 1. The molecular weight excluding hydrogens is 350 g/mol. The summed E-state index contributed by atoms with van der Waals surface area (Å²) in [6.45, 7) is 4.87. The number of nitrogens with zero attached hydrogens (tertiary/aromatic N) is 2. The number of imidazole rings is 1. The minimum atomic E-state index is 0.548. The molecule has 0 atom stereocenters. The summed E-state index contributed by atoms with van der Waals surface area (Å²) in [5, 5.41) is 6.96. The summed E-state index contributed by atoms with van der Waals surface area (Å²) >= 11 is 5.36. The number of aromatic nitrogens is 2. The third-order valence-corrected chi connectivity index (χ3v) is 4.06. The molecule has 0 aliphatic rings. The van der Waals surface area contributed by atoms with Crippen LogP contribution in [0.4, 0.5) is 5.69 Å². The average Bonchev–Trinajstić information content (AvgIpc) is 3.04. The molecule has 7 nitrogen and oxygen atoms in total. The standard InChI is InChI=1S/C18H27N5O2S/c1-14-12-20-13-23(14)9-4-8-21-18(26)22-15-5-6-16(24-2)17(11-15)25-10-3-7-19/h5-6,11-13H,3-4,7-10,19H2,1-2H3,(H2,21,22,26). The highest BCUT2D eigenvalue weighted by molar-refractivity contribution is 7.80. The molecule has 0 aliphatic heterocycles. The van der Waals surface area contributed by atoms with Gasteiger partial charge in [0.1, 0.15) is 0 Å². The van der Waals surface area contributed by atoms with Crippen LogP contribution in [0.2, 0.25) is 0 Å². The Labute approximate surface area is 159 Å². The first-order chi connectivity index (χ1) is 12.6. The molecule has 0 unspecified atom stereocenters. The summed E-state index contributed by atoms with van der Waals surface area (Å²) in [6, 6.07) is 5.63. The minimum absolute atomic E-state index is 0.548. The first-order valence-corrected chi connectivity index (χ1v) is 9.07. The van der Waals surface area contributed by atoms with E-state index >= 15 is 0 Å². The molecule has 0 saturated carbocycles. The second kappa shape index (κ2) is 10.6. The number of nitrogens with one attached hydrogen (secondary N) is 2. The summed E-state index contributed by atoms with van der Waals surface area (Å²) < 4.78 is 13.2. The molecule has 142 valence electrons. The van der Waals surface area contributed by atoms with Crippen LogP contribution >= 0.6 is 12.2 Å². The summed E-state index contributed by atoms with van der Waals surface area (Å²) in [7, 11) is 1.62. The number of rotatable bonds is 10. The third kappa shape index (κ3) is 6.20.